The van der Waals surface area contributed by atoms with E-state index in [0.717, 1.165) is 6.08 Å². The molecule has 0 spiro atoms. The molecule has 0 bridgehead atoms. The average Bonchev–Trinajstić information content (AvgIpc) is 2.63. The van der Waals surface area contributed by atoms with Gasteiger partial charge in [-0.25, -0.2) is 0 Å². The summed E-state index contributed by atoms with van der Waals surface area (Å²) in [6.07, 6.45) is 0.777. The van der Waals surface area contributed by atoms with E-state index in [2.05, 4.69) is 15.5 Å². The van der Waals surface area contributed by atoms with Crippen molar-refractivity contribution in [3.63, 3.8) is 0 Å². The third kappa shape index (κ3) is 5.97. The second-order valence-corrected chi connectivity index (χ2v) is 7.38. The van der Waals surface area contributed by atoms with Gasteiger partial charge in [0.1, 0.15) is 22.9 Å². The molecule has 4 N–H and O–H groups in total. The Labute approximate surface area is 174 Å². The van der Waals surface area contributed by atoms with E-state index in [0.29, 0.717) is 17.8 Å². The van der Waals surface area contributed by atoms with Gasteiger partial charge in [0.2, 0.25) is 5.75 Å². The summed E-state index contributed by atoms with van der Waals surface area (Å²) in [5, 5.41) is 40.0. The van der Waals surface area contributed by atoms with Crippen molar-refractivity contribution in [2.45, 2.75) is 4.90 Å². The fourth-order valence-corrected chi connectivity index (χ4v) is 2.76. The van der Waals surface area contributed by atoms with Crippen molar-refractivity contribution in [3.05, 3.63) is 63.4 Å². The average molecular weight is 457 g/mol. The van der Waals surface area contributed by atoms with Crippen LogP contribution in [0.4, 0.5) is 17.1 Å². The highest BCUT2D eigenvalue weighted by Gasteiger charge is 2.24. The summed E-state index contributed by atoms with van der Waals surface area (Å²) in [6.45, 7) is -0.584. The van der Waals surface area contributed by atoms with E-state index in [4.69, 9.17) is 16.2 Å². The number of aliphatic hydroxyl groups excluding tert-OH is 1. The number of aliphatic hydroxyl groups is 1. The number of nitrogens with one attached hydrogen (secondary N) is 1. The topological polar surface area (TPSA) is 192 Å². The fraction of sp³-hybridized carbons (Fsp3) is 0.0625. The molecule has 1 amide bonds. The Balaban J connectivity index is 2.18. The Morgan fingerprint density at radius 3 is 2.57 bits per heavy atom. The number of nitro groups is 1. The van der Waals surface area contributed by atoms with Crippen molar-refractivity contribution in [2.24, 2.45) is 10.2 Å². The molecule has 0 radical (unpaired) electrons. The van der Waals surface area contributed by atoms with Crippen LogP contribution in [0.15, 0.2) is 63.4 Å². The SMILES string of the molecule is O=C(/C=C(\O)CN=Nc1cc(S(=O)(=O)O)cc([N+](=O)[O-])c1O)Nc1ccccc1Cl. The van der Waals surface area contributed by atoms with Gasteiger partial charge in [-0.1, -0.05) is 23.7 Å². The number of halogens is 1. The molecule has 0 aliphatic carbocycles. The molecule has 0 saturated heterocycles. The van der Waals surface area contributed by atoms with Crippen molar-refractivity contribution in [1.29, 1.82) is 0 Å². The molecule has 0 heterocycles. The highest BCUT2D eigenvalue weighted by molar-refractivity contribution is 7.85. The normalized spacial score (nSPS) is 12.1. The molecule has 12 nitrogen and oxygen atoms in total. The number of hydrogen-bond acceptors (Lipinski definition) is 9. The molecule has 0 atom stereocenters. The van der Waals surface area contributed by atoms with E-state index < -0.39 is 55.3 Å². The lowest BCUT2D eigenvalue weighted by molar-refractivity contribution is -0.386. The number of carbonyl (C=O) groups is 1. The van der Waals surface area contributed by atoms with Gasteiger partial charge in [0.05, 0.1) is 15.6 Å². The minimum atomic E-state index is -4.83. The van der Waals surface area contributed by atoms with Crippen molar-refractivity contribution in [1.82, 2.24) is 0 Å². The maximum Gasteiger partial charge on any atom is 0.314 e. The minimum absolute atomic E-state index is 0.272. The Bertz CT molecular complexity index is 1160. The smallest absolute Gasteiger partial charge is 0.314 e. The zero-order valence-corrected chi connectivity index (χ0v) is 16.3. The molecule has 30 heavy (non-hydrogen) atoms. The number of aromatic hydroxyl groups is 1. The van der Waals surface area contributed by atoms with Crippen LogP contribution in [0.1, 0.15) is 0 Å². The van der Waals surface area contributed by atoms with Crippen LogP contribution in [0.5, 0.6) is 5.75 Å². The number of phenolic OH excluding ortho intramolecular Hbond substituents is 1. The number of azo groups is 1. The van der Waals surface area contributed by atoms with E-state index in [-0.39, 0.29) is 5.02 Å². The van der Waals surface area contributed by atoms with Crippen LogP contribution in [0.2, 0.25) is 5.02 Å². The van der Waals surface area contributed by atoms with Gasteiger partial charge in [0.15, 0.2) is 0 Å². The number of anilines is 1. The fourth-order valence-electron chi connectivity index (χ4n) is 2.06. The zero-order chi connectivity index (χ0) is 22.5. The molecule has 0 saturated carbocycles. The predicted octanol–water partition coefficient (Wildman–Crippen LogP) is 3.36. The molecule has 0 fully saturated rings. The number of hydrogen-bond donors (Lipinski definition) is 4. The first-order chi connectivity index (χ1) is 14.0. The number of amides is 1. The molecule has 0 aromatic heterocycles. The van der Waals surface area contributed by atoms with Gasteiger partial charge in [-0.3, -0.25) is 19.5 Å². The molecular weight excluding hydrogens is 444 g/mol. The molecule has 0 unspecified atom stereocenters. The van der Waals surface area contributed by atoms with Gasteiger partial charge in [-0.05, 0) is 18.2 Å². The van der Waals surface area contributed by atoms with Crippen LogP contribution in [-0.2, 0) is 14.9 Å². The third-order valence-electron chi connectivity index (χ3n) is 3.38. The standard InChI is InChI=1S/C16H13ClN4O8S/c17-11-3-1-2-4-12(11)19-15(23)5-9(22)8-18-20-13-6-10(30(27,28)29)7-14(16(13)24)21(25)26/h1-7,22,24H,8H2,(H,19,23)(H,27,28,29)/b9-5-,20-18?. The van der Waals surface area contributed by atoms with Crippen LogP contribution >= 0.6 is 11.6 Å². The summed E-state index contributed by atoms with van der Waals surface area (Å²) in [4.78, 5) is 20.8. The number of phenols is 1. The summed E-state index contributed by atoms with van der Waals surface area (Å²) >= 11 is 5.89. The predicted molar refractivity (Wildman–Crippen MR) is 105 cm³/mol. The molecule has 2 aromatic carbocycles. The summed E-state index contributed by atoms with van der Waals surface area (Å²) in [7, 11) is -4.83. The second kappa shape index (κ2) is 9.30. The lowest BCUT2D eigenvalue weighted by Crippen LogP contribution is -2.09. The van der Waals surface area contributed by atoms with Gasteiger partial charge in [0, 0.05) is 12.1 Å². The highest BCUT2D eigenvalue weighted by atomic mass is 35.5. The Morgan fingerprint density at radius 2 is 1.97 bits per heavy atom. The summed E-state index contributed by atoms with van der Waals surface area (Å²) in [6, 6.07) is 7.45. The molecule has 158 valence electrons. The third-order valence-corrected chi connectivity index (χ3v) is 4.54. The Hall–Kier alpha value is -3.55. The number of para-hydroxylation sites is 1. The number of benzene rings is 2. The largest absolute Gasteiger partial charge is 0.510 e. The monoisotopic (exact) mass is 456 g/mol. The van der Waals surface area contributed by atoms with E-state index >= 15 is 0 Å². The van der Waals surface area contributed by atoms with Gasteiger partial charge < -0.3 is 15.5 Å². The maximum absolute atomic E-state index is 11.8. The first kappa shape index (κ1) is 22.7. The molecule has 0 aliphatic rings. The van der Waals surface area contributed by atoms with Gasteiger partial charge >= 0.3 is 5.69 Å². The number of carbonyl (C=O) groups excluding carboxylic acids is 1. The highest BCUT2D eigenvalue weighted by Crippen LogP contribution is 2.38. The second-order valence-electron chi connectivity index (χ2n) is 5.55. The molecule has 2 aromatic rings. The first-order valence-corrected chi connectivity index (χ1v) is 9.62. The van der Waals surface area contributed by atoms with Gasteiger partial charge in [-0.15, -0.1) is 0 Å². The van der Waals surface area contributed by atoms with Crippen LogP contribution in [-0.4, -0.2) is 40.6 Å². The van der Waals surface area contributed by atoms with Crippen molar-refractivity contribution >= 4 is 44.7 Å². The van der Waals surface area contributed by atoms with Crippen LogP contribution < -0.4 is 5.32 Å². The van der Waals surface area contributed by atoms with Crippen molar-refractivity contribution < 1.29 is 32.9 Å². The summed E-state index contributed by atoms with van der Waals surface area (Å²) in [5.41, 5.74) is -1.38. The lowest BCUT2D eigenvalue weighted by atomic mass is 10.2. The molecule has 0 aliphatic heterocycles. The molecular formula is C16H13ClN4O8S. The van der Waals surface area contributed by atoms with E-state index in [1.807, 2.05) is 0 Å². The van der Waals surface area contributed by atoms with Crippen LogP contribution in [0.3, 0.4) is 0 Å². The zero-order valence-electron chi connectivity index (χ0n) is 14.8. The number of rotatable bonds is 7. The lowest BCUT2D eigenvalue weighted by Gasteiger charge is -2.04. The van der Waals surface area contributed by atoms with Gasteiger partial charge in [0.25, 0.3) is 16.0 Å². The minimum Gasteiger partial charge on any atom is -0.510 e. The quantitative estimate of drug-likeness (QED) is 0.121. The summed E-state index contributed by atoms with van der Waals surface area (Å²) in [5.74, 6) is -2.30. The van der Waals surface area contributed by atoms with E-state index in [1.54, 1.807) is 18.2 Å². The number of nitrogens with zero attached hydrogens (tertiary/aromatic N) is 3. The molecule has 2 rings (SSSR count). The van der Waals surface area contributed by atoms with Crippen LogP contribution in [0, 0.1) is 10.1 Å². The van der Waals surface area contributed by atoms with Crippen molar-refractivity contribution in [2.75, 3.05) is 11.9 Å². The number of nitro benzene ring substituents is 1. The Morgan fingerprint density at radius 1 is 1.30 bits per heavy atom. The summed E-state index contributed by atoms with van der Waals surface area (Å²) < 4.78 is 31.5. The maximum atomic E-state index is 11.8. The van der Waals surface area contributed by atoms with Crippen LogP contribution in [0.25, 0.3) is 0 Å². The van der Waals surface area contributed by atoms with E-state index in [1.165, 1.54) is 6.07 Å². The van der Waals surface area contributed by atoms with Gasteiger partial charge in [-0.2, -0.15) is 18.6 Å². The van der Waals surface area contributed by atoms with E-state index in [9.17, 15) is 33.5 Å². The first-order valence-electron chi connectivity index (χ1n) is 7.80. The van der Waals surface area contributed by atoms with Crippen molar-refractivity contribution in [3.8, 4) is 5.75 Å². The molecule has 14 heteroatoms. The Kier molecular flexibility index (Phi) is 7.05.